The minimum atomic E-state index is -1.04. The van der Waals surface area contributed by atoms with Crippen LogP contribution in [0.15, 0.2) is 18.2 Å². The van der Waals surface area contributed by atoms with Crippen LogP contribution in [0.3, 0.4) is 0 Å². The van der Waals surface area contributed by atoms with E-state index < -0.39 is 17.9 Å². The fraction of sp³-hybridized carbons (Fsp3) is 0.429. The van der Waals surface area contributed by atoms with Gasteiger partial charge in [-0.1, -0.05) is 13.8 Å². The van der Waals surface area contributed by atoms with E-state index in [-0.39, 0.29) is 11.7 Å². The Bertz CT molecular complexity index is 482. The molecule has 5 nitrogen and oxygen atoms in total. The van der Waals surface area contributed by atoms with E-state index in [0.29, 0.717) is 17.5 Å². The second-order valence-electron chi connectivity index (χ2n) is 4.99. The highest BCUT2D eigenvalue weighted by Crippen LogP contribution is 2.16. The van der Waals surface area contributed by atoms with Gasteiger partial charge in [0.15, 0.2) is 0 Å². The maximum absolute atomic E-state index is 12.0. The van der Waals surface area contributed by atoms with E-state index in [2.05, 4.69) is 5.32 Å². The number of amides is 1. The number of phenolic OH excluding ortho intramolecular Hbond substituents is 1. The number of benzene rings is 1. The number of carbonyl (C=O) groups is 2. The molecule has 0 saturated carbocycles. The van der Waals surface area contributed by atoms with Crippen molar-refractivity contribution >= 4 is 11.9 Å². The van der Waals surface area contributed by atoms with E-state index in [9.17, 15) is 14.7 Å². The summed E-state index contributed by atoms with van der Waals surface area (Å²) in [5.74, 6) is -1.24. The van der Waals surface area contributed by atoms with Gasteiger partial charge in [-0.25, -0.2) is 4.79 Å². The molecule has 0 heterocycles. The molecule has 0 aliphatic rings. The summed E-state index contributed by atoms with van der Waals surface area (Å²) in [6, 6.07) is 3.45. The highest BCUT2D eigenvalue weighted by Gasteiger charge is 2.22. The average Bonchev–Trinajstić information content (AvgIpc) is 2.26. The Balaban J connectivity index is 2.84. The molecule has 1 atom stereocenters. The largest absolute Gasteiger partial charge is 0.508 e. The third-order valence-electron chi connectivity index (χ3n) is 2.77. The zero-order valence-electron chi connectivity index (χ0n) is 11.3. The molecule has 0 aliphatic heterocycles. The number of nitrogens with one attached hydrogen (secondary N) is 1. The van der Waals surface area contributed by atoms with Gasteiger partial charge in [0.1, 0.15) is 11.8 Å². The molecule has 5 heteroatoms. The van der Waals surface area contributed by atoms with Crippen molar-refractivity contribution in [2.75, 3.05) is 0 Å². The first-order valence-electron chi connectivity index (χ1n) is 6.14. The molecular weight excluding hydrogens is 246 g/mol. The Morgan fingerprint density at radius 2 is 1.95 bits per heavy atom. The van der Waals surface area contributed by atoms with Crippen molar-refractivity contribution in [3.8, 4) is 5.75 Å². The number of phenols is 1. The maximum Gasteiger partial charge on any atom is 0.326 e. The molecule has 0 spiro atoms. The Morgan fingerprint density at radius 3 is 2.42 bits per heavy atom. The lowest BCUT2D eigenvalue weighted by Gasteiger charge is -2.17. The number of hydrogen-bond acceptors (Lipinski definition) is 3. The minimum Gasteiger partial charge on any atom is -0.508 e. The van der Waals surface area contributed by atoms with Crippen molar-refractivity contribution in [2.24, 2.45) is 5.92 Å². The van der Waals surface area contributed by atoms with Crippen LogP contribution >= 0.6 is 0 Å². The molecule has 1 amide bonds. The fourth-order valence-electron chi connectivity index (χ4n) is 1.83. The van der Waals surface area contributed by atoms with E-state index in [0.717, 1.165) is 0 Å². The number of carboxylic acid groups (broad SMARTS) is 1. The van der Waals surface area contributed by atoms with Gasteiger partial charge in [0, 0.05) is 5.56 Å². The molecule has 0 radical (unpaired) electrons. The molecule has 0 saturated heterocycles. The van der Waals surface area contributed by atoms with Gasteiger partial charge < -0.3 is 15.5 Å². The molecule has 0 bridgehead atoms. The monoisotopic (exact) mass is 265 g/mol. The predicted octanol–water partition coefficient (Wildman–Crippen LogP) is 1.93. The van der Waals surface area contributed by atoms with Crippen LogP contribution in [0.25, 0.3) is 0 Å². The number of aryl methyl sites for hydroxylation is 1. The van der Waals surface area contributed by atoms with Crippen LogP contribution in [0.1, 0.15) is 36.2 Å². The SMILES string of the molecule is Cc1cc(O)ccc1C(=O)N[C@H](CC(C)C)C(=O)O. The lowest BCUT2D eigenvalue weighted by molar-refractivity contribution is -0.139. The molecule has 0 aromatic heterocycles. The van der Waals surface area contributed by atoms with Gasteiger partial charge in [0.05, 0.1) is 0 Å². The number of carbonyl (C=O) groups excluding carboxylic acids is 1. The Kier molecular flexibility index (Phi) is 4.92. The smallest absolute Gasteiger partial charge is 0.326 e. The first-order chi connectivity index (χ1) is 8.81. The van der Waals surface area contributed by atoms with Crippen LogP contribution in [0.5, 0.6) is 5.75 Å². The molecule has 0 aliphatic carbocycles. The van der Waals surface area contributed by atoms with Crippen molar-refractivity contribution < 1.29 is 19.8 Å². The first kappa shape index (κ1) is 15.0. The highest BCUT2D eigenvalue weighted by molar-refractivity contribution is 5.97. The molecule has 3 N–H and O–H groups in total. The summed E-state index contributed by atoms with van der Waals surface area (Å²) < 4.78 is 0. The zero-order chi connectivity index (χ0) is 14.6. The van der Waals surface area contributed by atoms with Crippen molar-refractivity contribution in [1.82, 2.24) is 5.32 Å². The summed E-state index contributed by atoms with van der Waals surface area (Å²) in [4.78, 5) is 23.1. The summed E-state index contributed by atoms with van der Waals surface area (Å²) in [5, 5.41) is 20.9. The number of aliphatic carboxylic acids is 1. The van der Waals surface area contributed by atoms with E-state index in [1.165, 1.54) is 18.2 Å². The topological polar surface area (TPSA) is 86.6 Å². The first-order valence-corrected chi connectivity index (χ1v) is 6.14. The van der Waals surface area contributed by atoms with Gasteiger partial charge in [-0.15, -0.1) is 0 Å². The summed E-state index contributed by atoms with van der Waals surface area (Å²) >= 11 is 0. The van der Waals surface area contributed by atoms with Crippen LogP contribution in [0, 0.1) is 12.8 Å². The third-order valence-corrected chi connectivity index (χ3v) is 2.77. The van der Waals surface area contributed by atoms with E-state index in [1.807, 2.05) is 13.8 Å². The van der Waals surface area contributed by atoms with Gasteiger partial charge in [-0.3, -0.25) is 4.79 Å². The van der Waals surface area contributed by atoms with Gasteiger partial charge >= 0.3 is 5.97 Å². The van der Waals surface area contributed by atoms with Crippen molar-refractivity contribution in [3.05, 3.63) is 29.3 Å². The van der Waals surface area contributed by atoms with Gasteiger partial charge in [-0.2, -0.15) is 0 Å². The van der Waals surface area contributed by atoms with Crippen LogP contribution in [0.2, 0.25) is 0 Å². The lowest BCUT2D eigenvalue weighted by Crippen LogP contribution is -2.41. The van der Waals surface area contributed by atoms with E-state index in [4.69, 9.17) is 5.11 Å². The van der Waals surface area contributed by atoms with Crippen LogP contribution in [-0.2, 0) is 4.79 Å². The van der Waals surface area contributed by atoms with E-state index in [1.54, 1.807) is 6.92 Å². The molecule has 0 unspecified atom stereocenters. The summed E-state index contributed by atoms with van der Waals surface area (Å²) in [6.07, 6.45) is 0.373. The normalized spacial score (nSPS) is 12.2. The van der Waals surface area contributed by atoms with Crippen LogP contribution < -0.4 is 5.32 Å². The second-order valence-corrected chi connectivity index (χ2v) is 4.99. The van der Waals surface area contributed by atoms with E-state index >= 15 is 0 Å². The zero-order valence-corrected chi connectivity index (χ0v) is 11.3. The summed E-state index contributed by atoms with van der Waals surface area (Å²) in [7, 11) is 0. The van der Waals surface area contributed by atoms with Crippen LogP contribution in [-0.4, -0.2) is 28.1 Å². The Morgan fingerprint density at radius 1 is 1.32 bits per heavy atom. The van der Waals surface area contributed by atoms with Gasteiger partial charge in [-0.05, 0) is 43.0 Å². The van der Waals surface area contributed by atoms with Crippen molar-refractivity contribution in [3.63, 3.8) is 0 Å². The number of carboxylic acids is 1. The summed E-state index contributed by atoms with van der Waals surface area (Å²) in [5.41, 5.74) is 0.971. The highest BCUT2D eigenvalue weighted by atomic mass is 16.4. The number of rotatable bonds is 5. The molecule has 1 rings (SSSR count). The standard InChI is InChI=1S/C14H19NO4/c1-8(2)6-12(14(18)19)15-13(17)11-5-4-10(16)7-9(11)3/h4-5,7-8,12,16H,6H2,1-3H3,(H,15,17)(H,18,19)/t12-/m1/s1. The Labute approximate surface area is 112 Å². The quantitative estimate of drug-likeness (QED) is 0.759. The second kappa shape index (κ2) is 6.22. The molecule has 104 valence electrons. The average molecular weight is 265 g/mol. The minimum absolute atomic E-state index is 0.0750. The molecule has 1 aromatic carbocycles. The summed E-state index contributed by atoms with van der Waals surface area (Å²) in [6.45, 7) is 5.48. The Hall–Kier alpha value is -2.04. The predicted molar refractivity (Wildman–Crippen MR) is 71.2 cm³/mol. The third kappa shape index (κ3) is 4.28. The van der Waals surface area contributed by atoms with Crippen molar-refractivity contribution in [2.45, 2.75) is 33.2 Å². The van der Waals surface area contributed by atoms with Gasteiger partial charge in [0.25, 0.3) is 5.91 Å². The lowest BCUT2D eigenvalue weighted by atomic mass is 10.0. The number of hydrogen-bond donors (Lipinski definition) is 3. The maximum atomic E-state index is 12.0. The molecule has 0 fully saturated rings. The molecular formula is C14H19NO4. The van der Waals surface area contributed by atoms with Crippen LogP contribution in [0.4, 0.5) is 0 Å². The fourth-order valence-corrected chi connectivity index (χ4v) is 1.83. The van der Waals surface area contributed by atoms with Gasteiger partial charge in [0.2, 0.25) is 0 Å². The molecule has 1 aromatic rings. The van der Waals surface area contributed by atoms with Crippen molar-refractivity contribution in [1.29, 1.82) is 0 Å². The number of aromatic hydroxyl groups is 1. The molecule has 19 heavy (non-hydrogen) atoms.